The lowest BCUT2D eigenvalue weighted by Gasteiger charge is -2.13. The lowest BCUT2D eigenvalue weighted by atomic mass is 10.1. The summed E-state index contributed by atoms with van der Waals surface area (Å²) in [6, 6.07) is 2.86. The van der Waals surface area contributed by atoms with Crippen molar-refractivity contribution in [3.05, 3.63) is 50.8 Å². The Hall–Kier alpha value is -2.30. The van der Waals surface area contributed by atoms with Crippen LogP contribution in [0.5, 0.6) is 0 Å². The fraction of sp³-hybridized carbons (Fsp3) is 0.412. The predicted molar refractivity (Wildman–Crippen MR) is 103 cm³/mol. The molecule has 0 radical (unpaired) electrons. The summed E-state index contributed by atoms with van der Waals surface area (Å²) < 4.78 is 26.0. The van der Waals surface area contributed by atoms with Crippen LogP contribution in [0.3, 0.4) is 0 Å². The highest BCUT2D eigenvalue weighted by atomic mass is 35.5. The summed E-state index contributed by atoms with van der Waals surface area (Å²) in [7, 11) is -3.94. The molecule has 0 unspecified atom stereocenters. The van der Waals surface area contributed by atoms with Crippen molar-refractivity contribution in [2.75, 3.05) is 0 Å². The van der Waals surface area contributed by atoms with Crippen LogP contribution in [0.4, 0.5) is 0 Å². The van der Waals surface area contributed by atoms with Crippen molar-refractivity contribution in [1.29, 1.82) is 0 Å². The first-order valence-corrected chi connectivity index (χ1v) is 10.8. The molecule has 0 aliphatic heterocycles. The minimum atomic E-state index is -3.94. The highest BCUT2D eigenvalue weighted by molar-refractivity contribution is 7.89. The Kier molecular flexibility index (Phi) is 4.52. The van der Waals surface area contributed by atoms with Gasteiger partial charge in [0.2, 0.25) is 5.78 Å². The van der Waals surface area contributed by atoms with Gasteiger partial charge in [-0.05, 0) is 24.8 Å². The summed E-state index contributed by atoms with van der Waals surface area (Å²) in [6.45, 7) is 4.12. The third-order valence-corrected chi connectivity index (χ3v) is 5.83. The SMILES string of the molecule is CC(C)c1cn(Cc2ccc(S(N)(=O)=O)nc2Cl)c2nc(C3CC3)nn2c1=O. The Bertz CT molecular complexity index is 1240. The van der Waals surface area contributed by atoms with E-state index >= 15 is 0 Å². The maximum Gasteiger partial charge on any atom is 0.279 e. The Morgan fingerprint density at radius 2 is 2.00 bits per heavy atom. The standard InChI is InChI=1S/C17H19ClN6O3S/c1-9(2)12-8-23(7-11-5-6-13(20-14(11)18)28(19,26)27)17-21-15(10-3-4-10)22-24(17)16(12)25/h5-6,8-10H,3-4,7H2,1-2H3,(H2,19,26,27). The highest BCUT2D eigenvalue weighted by Gasteiger charge is 2.29. The molecule has 1 aliphatic rings. The van der Waals surface area contributed by atoms with Crippen molar-refractivity contribution in [2.45, 2.75) is 50.1 Å². The van der Waals surface area contributed by atoms with Crippen molar-refractivity contribution >= 4 is 27.4 Å². The molecule has 0 aromatic carbocycles. The maximum atomic E-state index is 12.8. The lowest BCUT2D eigenvalue weighted by molar-refractivity contribution is 0.594. The monoisotopic (exact) mass is 422 g/mol. The average molecular weight is 423 g/mol. The third-order valence-electron chi connectivity index (χ3n) is 4.69. The summed E-state index contributed by atoms with van der Waals surface area (Å²) in [4.78, 5) is 21.2. The van der Waals surface area contributed by atoms with Gasteiger partial charge in [-0.25, -0.2) is 18.5 Å². The van der Waals surface area contributed by atoms with Crippen LogP contribution >= 0.6 is 11.6 Å². The van der Waals surface area contributed by atoms with E-state index in [1.807, 2.05) is 13.8 Å². The summed E-state index contributed by atoms with van der Waals surface area (Å²) in [5.74, 6) is 1.38. The molecule has 1 aliphatic carbocycles. The van der Waals surface area contributed by atoms with Crippen LogP contribution < -0.4 is 10.7 Å². The largest absolute Gasteiger partial charge is 0.312 e. The smallest absolute Gasteiger partial charge is 0.279 e. The molecule has 0 bridgehead atoms. The van der Waals surface area contributed by atoms with Gasteiger partial charge in [0.1, 0.15) is 5.15 Å². The van der Waals surface area contributed by atoms with Gasteiger partial charge in [0.25, 0.3) is 15.6 Å². The molecule has 0 spiro atoms. The third kappa shape index (κ3) is 3.43. The number of halogens is 1. The van der Waals surface area contributed by atoms with E-state index in [0.717, 1.165) is 12.8 Å². The first-order chi connectivity index (χ1) is 13.1. The van der Waals surface area contributed by atoms with E-state index in [-0.39, 0.29) is 28.2 Å². The van der Waals surface area contributed by atoms with E-state index < -0.39 is 10.0 Å². The number of primary sulfonamides is 1. The predicted octanol–water partition coefficient (Wildman–Crippen LogP) is 1.64. The fourth-order valence-corrected chi connectivity index (χ4v) is 3.72. The number of nitrogens with two attached hydrogens (primary N) is 1. The molecule has 1 fully saturated rings. The van der Waals surface area contributed by atoms with Crippen LogP contribution in [0.1, 0.15) is 55.5 Å². The second-order valence-corrected chi connectivity index (χ2v) is 9.14. The van der Waals surface area contributed by atoms with Crippen LogP contribution in [-0.2, 0) is 16.6 Å². The van der Waals surface area contributed by atoms with E-state index in [9.17, 15) is 13.2 Å². The van der Waals surface area contributed by atoms with Crippen molar-refractivity contribution in [2.24, 2.45) is 5.14 Å². The molecule has 3 aromatic heterocycles. The van der Waals surface area contributed by atoms with Crippen molar-refractivity contribution in [3.63, 3.8) is 0 Å². The molecule has 2 N–H and O–H groups in total. The topological polar surface area (TPSA) is 125 Å². The van der Waals surface area contributed by atoms with Gasteiger partial charge in [-0.15, -0.1) is 5.10 Å². The van der Waals surface area contributed by atoms with Crippen LogP contribution in [-0.4, -0.2) is 32.6 Å². The van der Waals surface area contributed by atoms with Crippen LogP contribution in [0.25, 0.3) is 5.78 Å². The van der Waals surface area contributed by atoms with Gasteiger partial charge < -0.3 is 4.57 Å². The number of fused-ring (bicyclic) bond motifs is 1. The van der Waals surface area contributed by atoms with Gasteiger partial charge in [0, 0.05) is 23.2 Å². The molecular weight excluding hydrogens is 404 g/mol. The Balaban J connectivity index is 1.84. The van der Waals surface area contributed by atoms with E-state index in [2.05, 4.69) is 15.1 Å². The van der Waals surface area contributed by atoms with E-state index in [0.29, 0.717) is 28.6 Å². The van der Waals surface area contributed by atoms with Crippen LogP contribution in [0, 0.1) is 0 Å². The molecule has 9 nitrogen and oxygen atoms in total. The molecule has 28 heavy (non-hydrogen) atoms. The van der Waals surface area contributed by atoms with Gasteiger partial charge in [0.05, 0.1) is 6.54 Å². The maximum absolute atomic E-state index is 12.8. The van der Waals surface area contributed by atoms with Gasteiger partial charge in [-0.1, -0.05) is 31.5 Å². The summed E-state index contributed by atoms with van der Waals surface area (Å²) in [5.41, 5.74) is 0.990. The zero-order valence-electron chi connectivity index (χ0n) is 15.3. The van der Waals surface area contributed by atoms with Crippen molar-refractivity contribution < 1.29 is 8.42 Å². The summed E-state index contributed by atoms with van der Waals surface area (Å²) in [5, 5.41) is 9.24. The number of pyridine rings is 1. The lowest BCUT2D eigenvalue weighted by Crippen LogP contribution is -2.24. The molecule has 148 valence electrons. The Morgan fingerprint density at radius 3 is 2.57 bits per heavy atom. The van der Waals surface area contributed by atoms with Crippen LogP contribution in [0.2, 0.25) is 5.15 Å². The molecule has 0 amide bonds. The molecule has 3 aromatic rings. The van der Waals surface area contributed by atoms with E-state index in [4.69, 9.17) is 16.7 Å². The molecule has 4 rings (SSSR count). The van der Waals surface area contributed by atoms with Gasteiger partial charge in [0.15, 0.2) is 10.9 Å². The van der Waals surface area contributed by atoms with Gasteiger partial charge >= 0.3 is 0 Å². The van der Waals surface area contributed by atoms with Crippen LogP contribution in [0.15, 0.2) is 28.2 Å². The number of hydrogen-bond donors (Lipinski definition) is 1. The zero-order chi connectivity index (χ0) is 20.2. The Morgan fingerprint density at radius 1 is 1.29 bits per heavy atom. The zero-order valence-corrected chi connectivity index (χ0v) is 16.9. The number of nitrogens with zero attached hydrogens (tertiary/aromatic N) is 5. The normalized spacial score (nSPS) is 14.9. The molecule has 11 heteroatoms. The average Bonchev–Trinajstić information content (AvgIpc) is 3.36. The molecular formula is C17H19ClN6O3S. The minimum Gasteiger partial charge on any atom is -0.312 e. The van der Waals surface area contributed by atoms with Gasteiger partial charge in [-0.2, -0.15) is 9.50 Å². The fourth-order valence-electron chi connectivity index (χ4n) is 2.98. The van der Waals surface area contributed by atoms with Gasteiger partial charge in [-0.3, -0.25) is 4.79 Å². The number of aromatic nitrogens is 5. The second-order valence-electron chi connectivity index (χ2n) is 7.27. The highest BCUT2D eigenvalue weighted by Crippen LogP contribution is 2.38. The molecule has 3 heterocycles. The number of sulfonamides is 1. The van der Waals surface area contributed by atoms with E-state index in [1.54, 1.807) is 16.8 Å². The molecule has 0 saturated heterocycles. The molecule has 1 saturated carbocycles. The first kappa shape index (κ1) is 19.0. The second kappa shape index (κ2) is 6.64. The number of rotatable bonds is 5. The minimum absolute atomic E-state index is 0.00455. The molecule has 0 atom stereocenters. The summed E-state index contributed by atoms with van der Waals surface area (Å²) >= 11 is 6.19. The Labute approximate surface area is 166 Å². The van der Waals surface area contributed by atoms with E-state index in [1.165, 1.54) is 10.6 Å². The number of hydrogen-bond acceptors (Lipinski definition) is 6. The summed E-state index contributed by atoms with van der Waals surface area (Å²) in [6.07, 6.45) is 3.79. The quantitative estimate of drug-likeness (QED) is 0.623. The first-order valence-electron chi connectivity index (χ1n) is 8.83. The van der Waals surface area contributed by atoms with Crippen molar-refractivity contribution in [1.82, 2.24) is 24.1 Å². The van der Waals surface area contributed by atoms with Crippen molar-refractivity contribution in [3.8, 4) is 0 Å².